The van der Waals surface area contributed by atoms with E-state index in [1.54, 1.807) is 30.5 Å². The molecule has 1 atom stereocenters. The van der Waals surface area contributed by atoms with Gasteiger partial charge in [-0.2, -0.15) is 0 Å². The molecule has 1 aromatic carbocycles. The van der Waals surface area contributed by atoms with Gasteiger partial charge in [0.1, 0.15) is 0 Å². The van der Waals surface area contributed by atoms with Crippen molar-refractivity contribution in [1.82, 2.24) is 5.32 Å². The molecule has 2 N–H and O–H groups in total. The first-order valence-electron chi connectivity index (χ1n) is 5.93. The second-order valence-electron chi connectivity index (χ2n) is 4.16. The summed E-state index contributed by atoms with van der Waals surface area (Å²) in [5.41, 5.74) is 1.36. The summed E-state index contributed by atoms with van der Waals surface area (Å²) < 4.78 is 0. The van der Waals surface area contributed by atoms with E-state index in [0.29, 0.717) is 10.6 Å². The van der Waals surface area contributed by atoms with Gasteiger partial charge in [0.15, 0.2) is 0 Å². The molecular weight excluding hydrogens is 280 g/mol. The van der Waals surface area contributed by atoms with E-state index in [1.807, 2.05) is 17.5 Å². The molecule has 3 nitrogen and oxygen atoms in total. The van der Waals surface area contributed by atoms with Crippen molar-refractivity contribution >= 4 is 34.5 Å². The first-order valence-corrected chi connectivity index (χ1v) is 7.19. The SMILES string of the molecule is CNC(=O)c1cc(NC(C)c2cccs2)ccc1Cl. The highest BCUT2D eigenvalue weighted by Gasteiger charge is 2.11. The van der Waals surface area contributed by atoms with Gasteiger partial charge >= 0.3 is 0 Å². The van der Waals surface area contributed by atoms with Gasteiger partial charge in [-0.05, 0) is 36.6 Å². The fourth-order valence-electron chi connectivity index (χ4n) is 1.78. The number of halogens is 1. The van der Waals surface area contributed by atoms with Gasteiger partial charge in [0.25, 0.3) is 5.91 Å². The molecule has 2 aromatic rings. The molecule has 19 heavy (non-hydrogen) atoms. The molecule has 2 rings (SSSR count). The zero-order valence-electron chi connectivity index (χ0n) is 10.7. The van der Waals surface area contributed by atoms with E-state index in [4.69, 9.17) is 11.6 Å². The van der Waals surface area contributed by atoms with Crippen molar-refractivity contribution in [2.75, 3.05) is 12.4 Å². The number of amides is 1. The van der Waals surface area contributed by atoms with Crippen LogP contribution in [-0.4, -0.2) is 13.0 Å². The minimum absolute atomic E-state index is 0.183. The Labute approximate surface area is 121 Å². The lowest BCUT2D eigenvalue weighted by molar-refractivity contribution is 0.0963. The third-order valence-electron chi connectivity index (χ3n) is 2.79. The molecule has 0 saturated heterocycles. The van der Waals surface area contributed by atoms with E-state index >= 15 is 0 Å². The molecule has 0 saturated carbocycles. The maximum Gasteiger partial charge on any atom is 0.252 e. The molecule has 1 amide bonds. The van der Waals surface area contributed by atoms with E-state index in [0.717, 1.165) is 5.69 Å². The van der Waals surface area contributed by atoms with E-state index < -0.39 is 0 Å². The van der Waals surface area contributed by atoms with Gasteiger partial charge in [-0.3, -0.25) is 4.79 Å². The van der Waals surface area contributed by atoms with Crippen LogP contribution in [-0.2, 0) is 0 Å². The second kappa shape index (κ2) is 6.08. The van der Waals surface area contributed by atoms with Crippen LogP contribution in [0.3, 0.4) is 0 Å². The number of anilines is 1. The van der Waals surface area contributed by atoms with Crippen molar-refractivity contribution in [1.29, 1.82) is 0 Å². The van der Waals surface area contributed by atoms with Crippen LogP contribution in [0.15, 0.2) is 35.7 Å². The lowest BCUT2D eigenvalue weighted by atomic mass is 10.1. The molecule has 0 aliphatic rings. The zero-order chi connectivity index (χ0) is 13.8. The standard InChI is InChI=1S/C14H15ClN2OS/c1-9(13-4-3-7-19-13)17-10-5-6-12(15)11(8-10)14(18)16-2/h3-9,17H,1-2H3,(H,16,18). The molecule has 0 radical (unpaired) electrons. The van der Waals surface area contributed by atoms with Gasteiger partial charge in [-0.25, -0.2) is 0 Å². The fraction of sp³-hybridized carbons (Fsp3) is 0.214. The van der Waals surface area contributed by atoms with Gasteiger partial charge < -0.3 is 10.6 Å². The molecule has 5 heteroatoms. The second-order valence-corrected chi connectivity index (χ2v) is 5.54. The molecule has 0 aliphatic carbocycles. The molecule has 0 aliphatic heterocycles. The Kier molecular flexibility index (Phi) is 4.45. The molecule has 0 bridgehead atoms. The van der Waals surface area contributed by atoms with E-state index in [-0.39, 0.29) is 11.9 Å². The summed E-state index contributed by atoms with van der Waals surface area (Å²) in [5, 5.41) is 8.44. The number of carbonyl (C=O) groups excluding carboxylic acids is 1. The molecule has 1 heterocycles. The molecule has 1 unspecified atom stereocenters. The Balaban J connectivity index is 2.19. The van der Waals surface area contributed by atoms with Crippen LogP contribution >= 0.6 is 22.9 Å². The number of rotatable bonds is 4. The first kappa shape index (κ1) is 13.9. The minimum Gasteiger partial charge on any atom is -0.378 e. The normalized spacial score (nSPS) is 11.9. The maximum atomic E-state index is 11.7. The monoisotopic (exact) mass is 294 g/mol. The van der Waals surface area contributed by atoms with Crippen LogP contribution in [0.25, 0.3) is 0 Å². The Morgan fingerprint density at radius 3 is 2.79 bits per heavy atom. The van der Waals surface area contributed by atoms with Gasteiger partial charge in [-0.15, -0.1) is 11.3 Å². The van der Waals surface area contributed by atoms with Crippen molar-refractivity contribution in [2.45, 2.75) is 13.0 Å². The Morgan fingerprint density at radius 2 is 2.16 bits per heavy atom. The van der Waals surface area contributed by atoms with Crippen molar-refractivity contribution in [3.8, 4) is 0 Å². The van der Waals surface area contributed by atoms with Crippen LogP contribution in [0, 0.1) is 0 Å². The molecule has 0 spiro atoms. The number of hydrogen-bond acceptors (Lipinski definition) is 3. The predicted octanol–water partition coefficient (Wildman–Crippen LogP) is 3.93. The minimum atomic E-state index is -0.183. The largest absolute Gasteiger partial charge is 0.378 e. The highest BCUT2D eigenvalue weighted by molar-refractivity contribution is 7.10. The van der Waals surface area contributed by atoms with Crippen LogP contribution in [0.4, 0.5) is 5.69 Å². The molecular formula is C14H15ClN2OS. The van der Waals surface area contributed by atoms with Crippen molar-refractivity contribution in [3.05, 3.63) is 51.2 Å². The van der Waals surface area contributed by atoms with Gasteiger partial charge in [0, 0.05) is 17.6 Å². The van der Waals surface area contributed by atoms with E-state index in [9.17, 15) is 4.79 Å². The Bertz CT molecular complexity index is 569. The summed E-state index contributed by atoms with van der Waals surface area (Å²) in [4.78, 5) is 12.9. The summed E-state index contributed by atoms with van der Waals surface area (Å²) in [5.74, 6) is -0.183. The van der Waals surface area contributed by atoms with Gasteiger partial charge in [0.2, 0.25) is 0 Å². The van der Waals surface area contributed by atoms with Gasteiger partial charge in [-0.1, -0.05) is 17.7 Å². The molecule has 0 fully saturated rings. The summed E-state index contributed by atoms with van der Waals surface area (Å²) >= 11 is 7.72. The topological polar surface area (TPSA) is 41.1 Å². The Hall–Kier alpha value is -1.52. The molecule has 100 valence electrons. The van der Waals surface area contributed by atoms with Crippen LogP contribution < -0.4 is 10.6 Å². The highest BCUT2D eigenvalue weighted by atomic mass is 35.5. The van der Waals surface area contributed by atoms with E-state index in [1.165, 1.54) is 4.88 Å². The smallest absolute Gasteiger partial charge is 0.252 e. The molecule has 1 aromatic heterocycles. The predicted molar refractivity (Wildman–Crippen MR) is 81.2 cm³/mol. The number of thiophene rings is 1. The maximum absolute atomic E-state index is 11.7. The van der Waals surface area contributed by atoms with Crippen molar-refractivity contribution in [3.63, 3.8) is 0 Å². The van der Waals surface area contributed by atoms with Crippen molar-refractivity contribution in [2.24, 2.45) is 0 Å². The van der Waals surface area contributed by atoms with Crippen LogP contribution in [0.2, 0.25) is 5.02 Å². The fourth-order valence-corrected chi connectivity index (χ4v) is 2.72. The summed E-state index contributed by atoms with van der Waals surface area (Å²) in [6.07, 6.45) is 0. The zero-order valence-corrected chi connectivity index (χ0v) is 12.3. The van der Waals surface area contributed by atoms with Gasteiger partial charge in [0.05, 0.1) is 16.6 Å². The third kappa shape index (κ3) is 3.28. The van der Waals surface area contributed by atoms with Crippen molar-refractivity contribution < 1.29 is 4.79 Å². The summed E-state index contributed by atoms with van der Waals surface area (Å²) in [7, 11) is 1.59. The van der Waals surface area contributed by atoms with Crippen LogP contribution in [0.1, 0.15) is 28.2 Å². The number of nitrogens with one attached hydrogen (secondary N) is 2. The number of hydrogen-bond donors (Lipinski definition) is 2. The summed E-state index contributed by atoms with van der Waals surface area (Å²) in [6.45, 7) is 2.08. The average molecular weight is 295 g/mol. The quantitative estimate of drug-likeness (QED) is 0.897. The number of carbonyl (C=O) groups is 1. The average Bonchev–Trinajstić information content (AvgIpc) is 2.94. The Morgan fingerprint density at radius 1 is 1.37 bits per heavy atom. The van der Waals surface area contributed by atoms with E-state index in [2.05, 4.69) is 23.6 Å². The summed E-state index contributed by atoms with van der Waals surface area (Å²) in [6, 6.07) is 9.67. The lowest BCUT2D eigenvalue weighted by Gasteiger charge is -2.15. The number of benzene rings is 1. The first-order chi connectivity index (χ1) is 9.11. The third-order valence-corrected chi connectivity index (χ3v) is 4.18. The lowest BCUT2D eigenvalue weighted by Crippen LogP contribution is -2.18. The van der Waals surface area contributed by atoms with Crippen LogP contribution in [0.5, 0.6) is 0 Å². The highest BCUT2D eigenvalue weighted by Crippen LogP contribution is 2.26.